The Kier molecular flexibility index (Phi) is 4.87. The molecule has 4 heterocycles. The van der Waals surface area contributed by atoms with Gasteiger partial charge in [-0.2, -0.15) is 10.2 Å². The number of aliphatic hydroxyl groups is 1. The molecule has 1 aliphatic rings. The third-order valence-electron chi connectivity index (χ3n) is 5.66. The fraction of sp³-hybridized carbons (Fsp3) is 0.227. The van der Waals surface area contributed by atoms with Crippen LogP contribution < -0.4 is 10.5 Å². The lowest BCUT2D eigenvalue weighted by molar-refractivity contribution is 0.220. The Morgan fingerprint density at radius 3 is 2.88 bits per heavy atom. The molecule has 5 rings (SSSR count). The molecule has 0 amide bonds. The summed E-state index contributed by atoms with van der Waals surface area (Å²) in [7, 11) is 0. The van der Waals surface area contributed by atoms with Gasteiger partial charge in [-0.05, 0) is 38.1 Å². The van der Waals surface area contributed by atoms with Crippen LogP contribution in [-0.2, 0) is 6.54 Å². The van der Waals surface area contributed by atoms with E-state index in [2.05, 4.69) is 20.3 Å². The number of H-pyrrole nitrogens is 1. The first-order chi connectivity index (χ1) is 15.4. The maximum atomic E-state index is 14.2. The number of fused-ring (bicyclic) bond motifs is 7. The van der Waals surface area contributed by atoms with Gasteiger partial charge in [0.15, 0.2) is 16.7 Å². The Balaban J connectivity index is 1.86. The Morgan fingerprint density at radius 2 is 2.09 bits per heavy atom. The number of halogens is 2. The van der Waals surface area contributed by atoms with Crippen molar-refractivity contribution in [1.82, 2.24) is 25.0 Å². The summed E-state index contributed by atoms with van der Waals surface area (Å²) in [5.74, 6) is 0.104. The van der Waals surface area contributed by atoms with Crippen molar-refractivity contribution >= 4 is 17.4 Å². The number of ether oxygens (including phenoxy) is 1. The summed E-state index contributed by atoms with van der Waals surface area (Å²) in [5, 5.41) is 23.1. The molecule has 10 heteroatoms. The fourth-order valence-corrected chi connectivity index (χ4v) is 4.41. The van der Waals surface area contributed by atoms with E-state index in [1.165, 1.54) is 18.3 Å². The molecule has 0 saturated carbocycles. The number of hydrogen-bond acceptors (Lipinski definition) is 6. The van der Waals surface area contributed by atoms with Gasteiger partial charge in [-0.1, -0.05) is 11.6 Å². The lowest BCUT2D eigenvalue weighted by atomic mass is 9.93. The monoisotopic (exact) mass is 454 g/mol. The molecule has 164 valence electrons. The van der Waals surface area contributed by atoms with Gasteiger partial charge in [-0.3, -0.25) is 9.78 Å². The van der Waals surface area contributed by atoms with Crippen LogP contribution in [0.25, 0.3) is 22.5 Å². The highest BCUT2D eigenvalue weighted by Gasteiger charge is 2.30. The van der Waals surface area contributed by atoms with Crippen molar-refractivity contribution in [2.75, 3.05) is 5.73 Å². The van der Waals surface area contributed by atoms with Crippen LogP contribution in [-0.4, -0.2) is 30.1 Å². The highest BCUT2D eigenvalue weighted by atomic mass is 35.5. The first-order valence-electron chi connectivity index (χ1n) is 10.1. The summed E-state index contributed by atoms with van der Waals surface area (Å²) in [4.78, 5) is 4.27. The van der Waals surface area contributed by atoms with E-state index in [-0.39, 0.29) is 11.0 Å². The van der Waals surface area contributed by atoms with Crippen LogP contribution in [0.15, 0.2) is 36.7 Å². The zero-order valence-electron chi connectivity index (χ0n) is 17.3. The number of nitrogens with one attached hydrogen (secondary N) is 1. The first kappa shape index (κ1) is 20.5. The highest BCUT2D eigenvalue weighted by Crippen LogP contribution is 2.43. The number of nitrogens with two attached hydrogens (primary N) is 1. The first-order valence-corrected chi connectivity index (χ1v) is 10.5. The molecule has 32 heavy (non-hydrogen) atoms. The van der Waals surface area contributed by atoms with Crippen LogP contribution in [0.1, 0.15) is 42.7 Å². The molecule has 2 atom stereocenters. The summed E-state index contributed by atoms with van der Waals surface area (Å²) >= 11 is 6.50. The number of aryl methyl sites for hydroxylation is 1. The lowest BCUT2D eigenvalue weighted by Crippen LogP contribution is -2.11. The second-order valence-electron chi connectivity index (χ2n) is 7.57. The van der Waals surface area contributed by atoms with Crippen molar-refractivity contribution in [2.24, 2.45) is 0 Å². The third-order valence-corrected chi connectivity index (χ3v) is 5.94. The zero-order valence-corrected chi connectivity index (χ0v) is 18.1. The predicted octanol–water partition coefficient (Wildman–Crippen LogP) is 4.26. The summed E-state index contributed by atoms with van der Waals surface area (Å²) in [5.41, 5.74) is 9.92. The van der Waals surface area contributed by atoms with Gasteiger partial charge in [0.25, 0.3) is 0 Å². The van der Waals surface area contributed by atoms with E-state index < -0.39 is 18.0 Å². The number of benzene rings is 1. The maximum absolute atomic E-state index is 14.2. The van der Waals surface area contributed by atoms with Crippen LogP contribution in [0.3, 0.4) is 0 Å². The summed E-state index contributed by atoms with van der Waals surface area (Å²) in [6.07, 6.45) is 1.38. The number of nitrogen functional groups attached to an aromatic ring is 1. The van der Waals surface area contributed by atoms with Crippen LogP contribution in [0.4, 0.5) is 10.2 Å². The van der Waals surface area contributed by atoms with E-state index >= 15 is 0 Å². The molecule has 4 N–H and O–H groups in total. The van der Waals surface area contributed by atoms with Crippen LogP contribution >= 0.6 is 11.6 Å². The van der Waals surface area contributed by atoms with Crippen molar-refractivity contribution in [3.8, 4) is 28.3 Å². The fourth-order valence-electron chi connectivity index (χ4n) is 4.13. The van der Waals surface area contributed by atoms with Crippen LogP contribution in [0.5, 0.6) is 5.75 Å². The van der Waals surface area contributed by atoms with Gasteiger partial charge in [-0.15, -0.1) is 0 Å². The van der Waals surface area contributed by atoms with Crippen molar-refractivity contribution in [2.45, 2.75) is 32.6 Å². The average molecular weight is 455 g/mol. The van der Waals surface area contributed by atoms with E-state index in [0.29, 0.717) is 51.5 Å². The second kappa shape index (κ2) is 7.61. The van der Waals surface area contributed by atoms with E-state index in [1.807, 2.05) is 6.92 Å². The molecule has 0 aliphatic carbocycles. The van der Waals surface area contributed by atoms with Crippen molar-refractivity contribution in [3.63, 3.8) is 0 Å². The number of aromatic nitrogens is 5. The van der Waals surface area contributed by atoms with Gasteiger partial charge in [0.1, 0.15) is 18.0 Å². The minimum Gasteiger partial charge on any atom is -0.482 e. The average Bonchev–Trinajstić information content (AvgIpc) is 3.38. The Labute approximate surface area is 187 Å². The molecule has 1 unspecified atom stereocenters. The molecule has 3 aromatic heterocycles. The summed E-state index contributed by atoms with van der Waals surface area (Å²) in [6, 6.07) is 6.09. The summed E-state index contributed by atoms with van der Waals surface area (Å²) in [6.45, 7) is 4.23. The summed E-state index contributed by atoms with van der Waals surface area (Å²) < 4.78 is 22.0. The minimum atomic E-state index is -1.15. The zero-order chi connectivity index (χ0) is 22.6. The van der Waals surface area contributed by atoms with Crippen LogP contribution in [0.2, 0.25) is 5.15 Å². The third kappa shape index (κ3) is 3.12. The van der Waals surface area contributed by atoms with E-state index in [0.717, 1.165) is 0 Å². The SMILES string of the molecule is CCn1nc(Cl)c2c1-c1cnc(N)c(c1)O[C@H](C)c1cc(F)ccc1-c1[nH]ncc1C2O. The topological polar surface area (TPSA) is 115 Å². The molecule has 1 aliphatic heterocycles. The molecule has 0 saturated heterocycles. The maximum Gasteiger partial charge on any atom is 0.166 e. The van der Waals surface area contributed by atoms with Gasteiger partial charge >= 0.3 is 0 Å². The van der Waals surface area contributed by atoms with Gasteiger partial charge in [-0.25, -0.2) is 9.37 Å². The number of rotatable bonds is 1. The van der Waals surface area contributed by atoms with E-state index in [1.54, 1.807) is 29.9 Å². The predicted molar refractivity (Wildman–Crippen MR) is 118 cm³/mol. The Hall–Kier alpha value is -3.43. The van der Waals surface area contributed by atoms with Crippen LogP contribution in [0, 0.1) is 5.82 Å². The molecular weight excluding hydrogens is 435 g/mol. The number of aliphatic hydroxyl groups excluding tert-OH is 1. The second-order valence-corrected chi connectivity index (χ2v) is 7.93. The quantitative estimate of drug-likeness (QED) is 0.395. The number of anilines is 1. The molecule has 1 aromatic carbocycles. The number of hydrogen-bond donors (Lipinski definition) is 3. The minimum absolute atomic E-state index is 0.158. The molecule has 4 aromatic rings. The Morgan fingerprint density at radius 1 is 1.28 bits per heavy atom. The molecular formula is C22H20ClFN6O2. The molecule has 2 bridgehead atoms. The number of pyridine rings is 1. The van der Waals surface area contributed by atoms with E-state index in [9.17, 15) is 9.50 Å². The van der Waals surface area contributed by atoms with E-state index in [4.69, 9.17) is 22.1 Å². The van der Waals surface area contributed by atoms with Gasteiger partial charge in [0, 0.05) is 35.0 Å². The lowest BCUT2D eigenvalue weighted by Gasteiger charge is -2.22. The highest BCUT2D eigenvalue weighted by molar-refractivity contribution is 6.30. The largest absolute Gasteiger partial charge is 0.482 e. The Bertz CT molecular complexity index is 1330. The van der Waals surface area contributed by atoms with Gasteiger partial charge in [0.2, 0.25) is 0 Å². The van der Waals surface area contributed by atoms with Crippen molar-refractivity contribution in [1.29, 1.82) is 0 Å². The van der Waals surface area contributed by atoms with Crippen molar-refractivity contribution < 1.29 is 14.2 Å². The smallest absolute Gasteiger partial charge is 0.166 e. The van der Waals surface area contributed by atoms with Crippen molar-refractivity contribution in [3.05, 3.63) is 64.3 Å². The molecule has 8 nitrogen and oxygen atoms in total. The molecule has 0 fully saturated rings. The van der Waals surface area contributed by atoms with Gasteiger partial charge < -0.3 is 15.6 Å². The normalized spacial score (nSPS) is 17.4. The number of nitrogens with zero attached hydrogens (tertiary/aromatic N) is 4. The van der Waals surface area contributed by atoms with Gasteiger partial charge in [0.05, 0.1) is 23.1 Å². The molecule has 0 radical (unpaired) electrons. The standard InChI is InChI=1S/C22H20ClFN6O2/c1-3-30-19-11-6-16(22(25)26-8-11)32-10(2)14-7-12(24)4-5-13(14)18-15(9-27-28-18)20(31)17(19)21(23)29-30/h4-10,20,31H,3H2,1-2H3,(H2,25,26)(H,27,28)/t10-,20?/m1/s1. The number of aromatic amines is 1. The molecule has 0 spiro atoms.